The molecule has 1 aliphatic carbocycles. The molecule has 0 aromatic heterocycles. The average molecular weight is 243 g/mol. The van der Waals surface area contributed by atoms with Gasteiger partial charge in [0.2, 0.25) is 0 Å². The van der Waals surface area contributed by atoms with Gasteiger partial charge in [0.25, 0.3) is 0 Å². The first kappa shape index (κ1) is 13.3. The molecule has 2 aliphatic rings. The fraction of sp³-hybridized carbons (Fsp3) is 1.00. The van der Waals surface area contributed by atoms with E-state index < -0.39 is 0 Å². The molecule has 0 amide bonds. The van der Waals surface area contributed by atoms with Crippen molar-refractivity contribution in [3.8, 4) is 0 Å². The number of piperidine rings is 1. The Balaban J connectivity index is 1.77. The molecule has 1 spiro atoms. The predicted molar refractivity (Wildman–Crippen MR) is 67.8 cm³/mol. The summed E-state index contributed by atoms with van der Waals surface area (Å²) >= 11 is 0. The van der Waals surface area contributed by atoms with Gasteiger partial charge in [-0.05, 0) is 58.0 Å². The Bertz CT molecular complexity index is 236. The first-order valence-electron chi connectivity index (χ1n) is 7.23. The quantitative estimate of drug-likeness (QED) is 0.751. The molecule has 1 aliphatic heterocycles. The Kier molecular flexibility index (Phi) is 4.80. The molecule has 2 rings (SSSR count). The van der Waals surface area contributed by atoms with Gasteiger partial charge in [0, 0.05) is 12.0 Å². The van der Waals surface area contributed by atoms with E-state index in [0.717, 1.165) is 32.4 Å². The van der Waals surface area contributed by atoms with E-state index in [1.165, 1.54) is 32.2 Å². The molecule has 1 saturated heterocycles. The van der Waals surface area contributed by atoms with Crippen molar-refractivity contribution < 1.29 is 9.50 Å². The maximum Gasteiger partial charge on any atom is 0.0894 e. The van der Waals surface area contributed by atoms with Crippen LogP contribution in [0.1, 0.15) is 51.4 Å². The number of unbranched alkanes of at least 4 members (excludes halogenated alkanes) is 2. The average Bonchev–Trinajstić information content (AvgIpc) is 2.67. The van der Waals surface area contributed by atoms with Crippen molar-refractivity contribution in [2.45, 2.75) is 57.5 Å². The van der Waals surface area contributed by atoms with Crippen molar-refractivity contribution in [3.63, 3.8) is 0 Å². The highest BCUT2D eigenvalue weighted by molar-refractivity contribution is 4.96. The Hall–Kier alpha value is -0.150. The molecule has 0 unspecified atom stereocenters. The summed E-state index contributed by atoms with van der Waals surface area (Å²) in [6, 6.07) is 0. The highest BCUT2D eigenvalue weighted by Crippen LogP contribution is 2.44. The van der Waals surface area contributed by atoms with Gasteiger partial charge in [0.1, 0.15) is 0 Å². The lowest BCUT2D eigenvalue weighted by molar-refractivity contribution is -0.00983. The standard InChI is InChI=1S/C14H26FNO/c15-9-2-1-3-10-16-11-5-8-14(12-16)7-4-6-13(14)17/h13,17H,1-12H2/t13-,14-/m1/s1. The van der Waals surface area contributed by atoms with E-state index in [9.17, 15) is 9.50 Å². The highest BCUT2D eigenvalue weighted by atomic mass is 19.1. The molecule has 1 N–H and O–H groups in total. The largest absolute Gasteiger partial charge is 0.393 e. The SMILES string of the molecule is O[C@@H]1CCC[C@]12CCCN(CCCCCF)C2. The smallest absolute Gasteiger partial charge is 0.0894 e. The molecule has 2 atom stereocenters. The lowest BCUT2D eigenvalue weighted by Gasteiger charge is -2.42. The molecular formula is C14H26FNO. The number of likely N-dealkylation sites (tertiary alicyclic amines) is 1. The first-order valence-corrected chi connectivity index (χ1v) is 7.23. The normalized spacial score (nSPS) is 34.6. The van der Waals surface area contributed by atoms with Gasteiger partial charge in [-0.2, -0.15) is 0 Å². The number of nitrogens with zero attached hydrogens (tertiary/aromatic N) is 1. The highest BCUT2D eigenvalue weighted by Gasteiger charge is 2.44. The molecule has 0 aromatic carbocycles. The van der Waals surface area contributed by atoms with E-state index >= 15 is 0 Å². The van der Waals surface area contributed by atoms with Gasteiger partial charge in [-0.1, -0.05) is 6.42 Å². The second-order valence-corrected chi connectivity index (χ2v) is 5.90. The van der Waals surface area contributed by atoms with Gasteiger partial charge in [-0.15, -0.1) is 0 Å². The summed E-state index contributed by atoms with van der Waals surface area (Å²) in [4.78, 5) is 2.50. The number of aliphatic hydroxyl groups is 1. The second kappa shape index (κ2) is 6.14. The third kappa shape index (κ3) is 3.19. The number of hydrogen-bond donors (Lipinski definition) is 1. The Labute approximate surface area is 104 Å². The van der Waals surface area contributed by atoms with Crippen LogP contribution in [0, 0.1) is 5.41 Å². The van der Waals surface area contributed by atoms with Crippen LogP contribution >= 0.6 is 0 Å². The van der Waals surface area contributed by atoms with Gasteiger partial charge >= 0.3 is 0 Å². The Morgan fingerprint density at radius 2 is 2.00 bits per heavy atom. The molecule has 2 nitrogen and oxygen atoms in total. The van der Waals surface area contributed by atoms with Gasteiger partial charge in [0.15, 0.2) is 0 Å². The van der Waals surface area contributed by atoms with Gasteiger partial charge in [0.05, 0.1) is 12.8 Å². The number of rotatable bonds is 5. The van der Waals surface area contributed by atoms with Crippen molar-refractivity contribution in [1.82, 2.24) is 4.90 Å². The zero-order valence-corrected chi connectivity index (χ0v) is 10.8. The summed E-state index contributed by atoms with van der Waals surface area (Å²) in [5.41, 5.74) is 0.207. The van der Waals surface area contributed by atoms with Crippen molar-refractivity contribution in [3.05, 3.63) is 0 Å². The van der Waals surface area contributed by atoms with Crippen molar-refractivity contribution in [2.75, 3.05) is 26.3 Å². The minimum Gasteiger partial charge on any atom is -0.393 e. The molecule has 17 heavy (non-hydrogen) atoms. The van der Waals surface area contributed by atoms with Crippen LogP contribution in [-0.4, -0.2) is 42.4 Å². The van der Waals surface area contributed by atoms with Crippen molar-refractivity contribution >= 4 is 0 Å². The molecule has 100 valence electrons. The lowest BCUT2D eigenvalue weighted by Crippen LogP contribution is -2.47. The molecule has 1 heterocycles. The van der Waals surface area contributed by atoms with Crippen LogP contribution in [-0.2, 0) is 0 Å². The van der Waals surface area contributed by atoms with Crippen LogP contribution in [0.5, 0.6) is 0 Å². The van der Waals surface area contributed by atoms with E-state index in [1.54, 1.807) is 0 Å². The number of halogens is 1. The monoisotopic (exact) mass is 243 g/mol. The topological polar surface area (TPSA) is 23.5 Å². The van der Waals surface area contributed by atoms with Crippen LogP contribution in [0.15, 0.2) is 0 Å². The fourth-order valence-corrected chi connectivity index (χ4v) is 3.65. The summed E-state index contributed by atoms with van der Waals surface area (Å²) < 4.78 is 12.0. The summed E-state index contributed by atoms with van der Waals surface area (Å²) in [7, 11) is 0. The second-order valence-electron chi connectivity index (χ2n) is 5.90. The fourth-order valence-electron chi connectivity index (χ4n) is 3.65. The van der Waals surface area contributed by atoms with Crippen LogP contribution in [0.4, 0.5) is 4.39 Å². The maximum absolute atomic E-state index is 12.0. The molecule has 3 heteroatoms. The van der Waals surface area contributed by atoms with E-state index in [0.29, 0.717) is 6.42 Å². The minimum absolute atomic E-state index is 0.0730. The Morgan fingerprint density at radius 3 is 2.71 bits per heavy atom. The van der Waals surface area contributed by atoms with Gasteiger partial charge in [-0.3, -0.25) is 4.39 Å². The van der Waals surface area contributed by atoms with Crippen LogP contribution in [0.25, 0.3) is 0 Å². The number of hydrogen-bond acceptors (Lipinski definition) is 2. The summed E-state index contributed by atoms with van der Waals surface area (Å²) in [5, 5.41) is 10.2. The van der Waals surface area contributed by atoms with E-state index in [2.05, 4.69) is 4.90 Å². The van der Waals surface area contributed by atoms with E-state index in [4.69, 9.17) is 0 Å². The summed E-state index contributed by atoms with van der Waals surface area (Å²) in [5.74, 6) is 0. The zero-order valence-electron chi connectivity index (χ0n) is 10.8. The zero-order chi connectivity index (χ0) is 12.1. The molecule has 2 fully saturated rings. The summed E-state index contributed by atoms with van der Waals surface area (Å²) in [6.45, 7) is 3.16. The predicted octanol–water partition coefficient (Wildman–Crippen LogP) is 2.75. The third-order valence-corrected chi connectivity index (χ3v) is 4.65. The van der Waals surface area contributed by atoms with Crippen molar-refractivity contribution in [2.24, 2.45) is 5.41 Å². The number of alkyl halides is 1. The van der Waals surface area contributed by atoms with Crippen molar-refractivity contribution in [1.29, 1.82) is 0 Å². The molecule has 1 saturated carbocycles. The van der Waals surface area contributed by atoms with Gasteiger partial charge in [-0.25, -0.2) is 0 Å². The van der Waals surface area contributed by atoms with E-state index in [-0.39, 0.29) is 18.2 Å². The van der Waals surface area contributed by atoms with Crippen LogP contribution < -0.4 is 0 Å². The number of aliphatic hydroxyl groups excluding tert-OH is 1. The molecule has 0 radical (unpaired) electrons. The molecular weight excluding hydrogens is 217 g/mol. The Morgan fingerprint density at radius 1 is 1.18 bits per heavy atom. The van der Waals surface area contributed by atoms with Crippen LogP contribution in [0.3, 0.4) is 0 Å². The molecule has 0 bridgehead atoms. The summed E-state index contributed by atoms with van der Waals surface area (Å²) in [6.07, 6.45) is 8.56. The van der Waals surface area contributed by atoms with Gasteiger partial charge < -0.3 is 10.0 Å². The minimum atomic E-state index is -0.178. The first-order chi connectivity index (χ1) is 8.27. The van der Waals surface area contributed by atoms with Crippen LogP contribution in [0.2, 0.25) is 0 Å². The van der Waals surface area contributed by atoms with E-state index in [1.807, 2.05) is 0 Å². The molecule has 0 aromatic rings. The third-order valence-electron chi connectivity index (χ3n) is 4.65. The lowest BCUT2D eigenvalue weighted by atomic mass is 9.76. The maximum atomic E-state index is 12.0.